The van der Waals surface area contributed by atoms with Crippen LogP contribution in [-0.2, 0) is 0 Å². The number of halogens is 1. The summed E-state index contributed by atoms with van der Waals surface area (Å²) in [6, 6.07) is 7.81. The zero-order valence-electron chi connectivity index (χ0n) is 12.1. The van der Waals surface area contributed by atoms with Crippen molar-refractivity contribution < 1.29 is 19.3 Å². The van der Waals surface area contributed by atoms with Crippen LogP contribution in [0.4, 0.5) is 11.4 Å². The van der Waals surface area contributed by atoms with Crippen LogP contribution in [0.25, 0.3) is 0 Å². The van der Waals surface area contributed by atoms with E-state index in [0.717, 1.165) is 18.2 Å². The molecule has 24 heavy (non-hydrogen) atoms. The Morgan fingerprint density at radius 3 is 2.38 bits per heavy atom. The van der Waals surface area contributed by atoms with Gasteiger partial charge in [0.15, 0.2) is 11.5 Å². The molecule has 2 aromatic rings. The maximum atomic E-state index is 11.1. The molecule has 2 aromatic carbocycles. The van der Waals surface area contributed by atoms with Crippen LogP contribution < -0.4 is 9.47 Å². The normalized spacial score (nSPS) is 9.88. The SMILES string of the molecule is COc1cc(C#N)cc(Br)c1Oc1ccc([N+](=O)[O-])cc1[N+](=O)[O-]. The fraction of sp³-hybridized carbons (Fsp3) is 0.0714. The van der Waals surface area contributed by atoms with E-state index in [1.54, 1.807) is 0 Å². The number of hydrogen-bond donors (Lipinski definition) is 0. The van der Waals surface area contributed by atoms with Crippen LogP contribution in [0.1, 0.15) is 5.56 Å². The number of methoxy groups -OCH3 is 1. The van der Waals surface area contributed by atoms with Crippen LogP contribution in [0.3, 0.4) is 0 Å². The molecule has 0 saturated heterocycles. The van der Waals surface area contributed by atoms with Gasteiger partial charge in [0.25, 0.3) is 5.69 Å². The number of nitriles is 1. The van der Waals surface area contributed by atoms with Gasteiger partial charge in [0, 0.05) is 12.1 Å². The van der Waals surface area contributed by atoms with Crippen molar-refractivity contribution in [2.45, 2.75) is 0 Å². The highest BCUT2D eigenvalue weighted by atomic mass is 79.9. The fourth-order valence-electron chi connectivity index (χ4n) is 1.84. The van der Waals surface area contributed by atoms with Crippen molar-refractivity contribution in [3.05, 3.63) is 60.6 Å². The monoisotopic (exact) mass is 393 g/mol. The Hall–Kier alpha value is -3.19. The summed E-state index contributed by atoms with van der Waals surface area (Å²) in [5.41, 5.74) is -0.702. The Bertz CT molecular complexity index is 878. The van der Waals surface area contributed by atoms with E-state index >= 15 is 0 Å². The zero-order chi connectivity index (χ0) is 17.9. The lowest BCUT2D eigenvalue weighted by Crippen LogP contribution is -1.98. The topological polar surface area (TPSA) is 129 Å². The molecule has 0 aliphatic rings. The third-order valence-corrected chi connectivity index (χ3v) is 3.51. The second-order valence-corrected chi connectivity index (χ2v) is 5.22. The number of benzene rings is 2. The molecule has 0 amide bonds. The molecule has 0 spiro atoms. The molecular weight excluding hydrogens is 386 g/mol. The van der Waals surface area contributed by atoms with Gasteiger partial charge in [-0.05, 0) is 28.1 Å². The van der Waals surface area contributed by atoms with Crippen molar-refractivity contribution >= 4 is 27.3 Å². The fourth-order valence-corrected chi connectivity index (χ4v) is 2.36. The number of nitro groups is 2. The van der Waals surface area contributed by atoms with Gasteiger partial charge in [0.2, 0.25) is 5.75 Å². The summed E-state index contributed by atoms with van der Waals surface area (Å²) in [6.45, 7) is 0. The molecule has 0 bridgehead atoms. The summed E-state index contributed by atoms with van der Waals surface area (Å²) in [4.78, 5) is 20.4. The highest BCUT2D eigenvalue weighted by Crippen LogP contribution is 2.42. The predicted molar refractivity (Wildman–Crippen MR) is 85.2 cm³/mol. The van der Waals surface area contributed by atoms with Gasteiger partial charge in [0.1, 0.15) is 0 Å². The van der Waals surface area contributed by atoms with Gasteiger partial charge in [0.05, 0.1) is 39.1 Å². The molecule has 2 rings (SSSR count). The second kappa shape index (κ2) is 6.93. The van der Waals surface area contributed by atoms with Crippen molar-refractivity contribution in [2.75, 3.05) is 7.11 Å². The Labute approximate surface area is 143 Å². The first kappa shape index (κ1) is 17.2. The van der Waals surface area contributed by atoms with Crippen LogP contribution >= 0.6 is 15.9 Å². The second-order valence-electron chi connectivity index (χ2n) is 4.37. The maximum absolute atomic E-state index is 11.1. The first-order chi connectivity index (χ1) is 11.4. The van der Waals surface area contributed by atoms with Crippen LogP contribution in [0.15, 0.2) is 34.8 Å². The third kappa shape index (κ3) is 3.41. The highest BCUT2D eigenvalue weighted by Gasteiger charge is 2.23. The van der Waals surface area contributed by atoms with Gasteiger partial charge in [-0.25, -0.2) is 0 Å². The van der Waals surface area contributed by atoms with Gasteiger partial charge in [-0.15, -0.1) is 0 Å². The molecule has 0 radical (unpaired) electrons. The van der Waals surface area contributed by atoms with Gasteiger partial charge < -0.3 is 9.47 Å². The lowest BCUT2D eigenvalue weighted by Gasteiger charge is -2.12. The van der Waals surface area contributed by atoms with Crippen LogP contribution in [0, 0.1) is 31.6 Å². The summed E-state index contributed by atoms with van der Waals surface area (Å²) < 4.78 is 11.0. The molecule has 10 heteroatoms. The minimum atomic E-state index is -0.785. The molecule has 9 nitrogen and oxygen atoms in total. The largest absolute Gasteiger partial charge is 0.493 e. The van der Waals surface area contributed by atoms with E-state index in [-0.39, 0.29) is 17.2 Å². The molecule has 0 fully saturated rings. The van der Waals surface area contributed by atoms with E-state index in [0.29, 0.717) is 10.0 Å². The van der Waals surface area contributed by atoms with E-state index < -0.39 is 21.2 Å². The van der Waals surface area contributed by atoms with E-state index in [1.807, 2.05) is 6.07 Å². The lowest BCUT2D eigenvalue weighted by molar-refractivity contribution is -0.394. The molecule has 122 valence electrons. The number of nitrogens with zero attached hydrogens (tertiary/aromatic N) is 3. The summed E-state index contributed by atoms with van der Waals surface area (Å²) >= 11 is 3.20. The summed E-state index contributed by atoms with van der Waals surface area (Å²) in [7, 11) is 1.35. The molecule has 0 aromatic heterocycles. The summed E-state index contributed by atoms with van der Waals surface area (Å²) in [5.74, 6) is 0.0799. The minimum absolute atomic E-state index is 0.105. The van der Waals surface area contributed by atoms with Crippen molar-refractivity contribution in [1.82, 2.24) is 0 Å². The smallest absolute Gasteiger partial charge is 0.318 e. The standard InChI is InChI=1S/C14H8BrN3O6/c1-23-13-5-8(7-16)4-10(15)14(13)24-12-3-2-9(17(19)20)6-11(12)18(21)22/h2-6H,1H3. The zero-order valence-corrected chi connectivity index (χ0v) is 13.6. The predicted octanol–water partition coefficient (Wildman–Crippen LogP) is 3.94. The molecular formula is C14H8BrN3O6. The quantitative estimate of drug-likeness (QED) is 0.555. The average Bonchev–Trinajstić information content (AvgIpc) is 2.56. The van der Waals surface area contributed by atoms with Gasteiger partial charge in [-0.1, -0.05) is 0 Å². The summed E-state index contributed by atoms with van der Waals surface area (Å²) in [6.07, 6.45) is 0. The number of ether oxygens (including phenoxy) is 2. The molecule has 0 unspecified atom stereocenters. The molecule has 0 saturated carbocycles. The van der Waals surface area contributed by atoms with Crippen molar-refractivity contribution in [1.29, 1.82) is 5.26 Å². The van der Waals surface area contributed by atoms with Crippen LogP contribution in [0.5, 0.6) is 17.2 Å². The van der Waals surface area contributed by atoms with Gasteiger partial charge >= 0.3 is 5.69 Å². The van der Waals surface area contributed by atoms with E-state index in [4.69, 9.17) is 14.7 Å². The van der Waals surface area contributed by atoms with Crippen molar-refractivity contribution in [3.63, 3.8) is 0 Å². The number of nitro benzene ring substituents is 2. The van der Waals surface area contributed by atoms with E-state index in [9.17, 15) is 20.2 Å². The molecule has 0 aliphatic carbocycles. The average molecular weight is 394 g/mol. The Morgan fingerprint density at radius 2 is 1.83 bits per heavy atom. The van der Waals surface area contributed by atoms with Crippen molar-refractivity contribution in [3.8, 4) is 23.3 Å². The first-order valence-electron chi connectivity index (χ1n) is 6.25. The number of non-ortho nitro benzene ring substituents is 1. The third-order valence-electron chi connectivity index (χ3n) is 2.92. The number of hydrogen-bond acceptors (Lipinski definition) is 7. The molecule has 0 atom stereocenters. The van der Waals surface area contributed by atoms with E-state index in [2.05, 4.69) is 15.9 Å². The lowest BCUT2D eigenvalue weighted by atomic mass is 10.2. The minimum Gasteiger partial charge on any atom is -0.493 e. The Balaban J connectivity index is 2.54. The molecule has 0 heterocycles. The van der Waals surface area contributed by atoms with Gasteiger partial charge in [-0.2, -0.15) is 5.26 Å². The molecule has 0 aliphatic heterocycles. The highest BCUT2D eigenvalue weighted by molar-refractivity contribution is 9.10. The summed E-state index contributed by atoms with van der Waals surface area (Å²) in [5, 5.41) is 30.8. The maximum Gasteiger partial charge on any atom is 0.318 e. The van der Waals surface area contributed by atoms with Gasteiger partial charge in [-0.3, -0.25) is 20.2 Å². The van der Waals surface area contributed by atoms with Crippen LogP contribution in [0.2, 0.25) is 0 Å². The Kier molecular flexibility index (Phi) is 4.96. The van der Waals surface area contributed by atoms with E-state index in [1.165, 1.54) is 19.2 Å². The number of rotatable bonds is 5. The van der Waals surface area contributed by atoms with Crippen molar-refractivity contribution in [2.24, 2.45) is 0 Å². The first-order valence-corrected chi connectivity index (χ1v) is 7.05. The van der Waals surface area contributed by atoms with Crippen LogP contribution in [-0.4, -0.2) is 17.0 Å². The molecule has 0 N–H and O–H groups in total. The Morgan fingerprint density at radius 1 is 1.12 bits per heavy atom.